The molecule has 2 heterocycles. The molecule has 0 aliphatic carbocycles. The number of piperidine rings is 1. The number of carbonyl (C=O) groups excluding carboxylic acids is 1. The Morgan fingerprint density at radius 1 is 1.32 bits per heavy atom. The van der Waals surface area contributed by atoms with Gasteiger partial charge in [0.25, 0.3) is 0 Å². The summed E-state index contributed by atoms with van der Waals surface area (Å²) in [5.41, 5.74) is 0.775. The summed E-state index contributed by atoms with van der Waals surface area (Å²) < 4.78 is 5.65. The molecule has 0 amide bonds. The van der Waals surface area contributed by atoms with Crippen LogP contribution in [0.4, 0.5) is 0 Å². The molecule has 2 aliphatic heterocycles. The zero-order valence-electron chi connectivity index (χ0n) is 12.8. The number of aliphatic hydroxyl groups is 2. The zero-order chi connectivity index (χ0) is 15.7. The molecule has 1 unspecified atom stereocenters. The predicted molar refractivity (Wildman–Crippen MR) is 80.5 cm³/mol. The molecule has 5 nitrogen and oxygen atoms in total. The summed E-state index contributed by atoms with van der Waals surface area (Å²) in [6.07, 6.45) is 1.82. The standard InChI is InChI=1S/C17H23NO4/c1-18-12-7-13(9-15(18)16(20)8-12)22-17(21)14(10-19)11-5-3-2-4-6-11/h2-6,12-16,19-20H,7-10H2,1H3/p+1/t12-,13+,14-,15+,16+/m1/s1. The fourth-order valence-corrected chi connectivity index (χ4v) is 3.91. The number of hydrogen-bond acceptors (Lipinski definition) is 4. The second-order valence-electron chi connectivity index (χ2n) is 6.53. The molecular weight excluding hydrogens is 282 g/mol. The van der Waals surface area contributed by atoms with E-state index in [4.69, 9.17) is 4.74 Å². The Hall–Kier alpha value is -1.43. The Balaban J connectivity index is 1.65. The summed E-state index contributed by atoms with van der Waals surface area (Å²) in [5.74, 6) is -0.997. The molecule has 1 aromatic rings. The van der Waals surface area contributed by atoms with Gasteiger partial charge in [0.15, 0.2) is 0 Å². The Morgan fingerprint density at radius 2 is 2.05 bits per heavy atom. The zero-order valence-corrected chi connectivity index (χ0v) is 12.8. The molecule has 0 spiro atoms. The van der Waals surface area contributed by atoms with Gasteiger partial charge in [-0.15, -0.1) is 0 Å². The average Bonchev–Trinajstić information content (AvgIpc) is 2.68. The lowest BCUT2D eigenvalue weighted by molar-refractivity contribution is -0.924. The Kier molecular flexibility index (Phi) is 4.47. The van der Waals surface area contributed by atoms with Crippen molar-refractivity contribution in [3.8, 4) is 0 Å². The normalized spacial score (nSPS) is 35.1. The molecule has 5 heteroatoms. The lowest BCUT2D eigenvalue weighted by Crippen LogP contribution is -3.16. The topological polar surface area (TPSA) is 71.2 Å². The minimum absolute atomic E-state index is 0.152. The summed E-state index contributed by atoms with van der Waals surface area (Å²) in [6, 6.07) is 9.74. The fraction of sp³-hybridized carbons (Fsp3) is 0.588. The maximum absolute atomic E-state index is 12.4. The molecule has 2 saturated heterocycles. The molecule has 3 rings (SSSR count). The van der Waals surface area contributed by atoms with Crippen molar-refractivity contribution in [2.75, 3.05) is 13.7 Å². The van der Waals surface area contributed by atoms with E-state index in [-0.39, 0.29) is 30.8 Å². The van der Waals surface area contributed by atoms with Crippen molar-refractivity contribution >= 4 is 5.97 Å². The van der Waals surface area contributed by atoms with Gasteiger partial charge in [-0.05, 0) is 5.56 Å². The lowest BCUT2D eigenvalue weighted by Gasteiger charge is -2.33. The third-order valence-electron chi connectivity index (χ3n) is 5.24. The van der Waals surface area contributed by atoms with E-state index >= 15 is 0 Å². The largest absolute Gasteiger partial charge is 0.461 e. The summed E-state index contributed by atoms with van der Waals surface area (Å²) in [4.78, 5) is 13.7. The molecule has 120 valence electrons. The van der Waals surface area contributed by atoms with Crippen LogP contribution >= 0.6 is 0 Å². The summed E-state index contributed by atoms with van der Waals surface area (Å²) in [5, 5.41) is 19.6. The quantitative estimate of drug-likeness (QED) is 0.655. The van der Waals surface area contributed by atoms with Crippen molar-refractivity contribution in [2.45, 2.75) is 49.5 Å². The van der Waals surface area contributed by atoms with Crippen molar-refractivity contribution in [1.29, 1.82) is 0 Å². The molecule has 2 bridgehead atoms. The Labute approximate surface area is 130 Å². The fourth-order valence-electron chi connectivity index (χ4n) is 3.91. The Bertz CT molecular complexity index is 521. The van der Waals surface area contributed by atoms with Gasteiger partial charge in [-0.1, -0.05) is 30.3 Å². The van der Waals surface area contributed by atoms with Gasteiger partial charge in [0.1, 0.15) is 24.2 Å². The highest BCUT2D eigenvalue weighted by Gasteiger charge is 2.49. The first-order chi connectivity index (χ1) is 10.6. The second kappa shape index (κ2) is 6.36. The molecule has 1 aromatic carbocycles. The van der Waals surface area contributed by atoms with Crippen molar-refractivity contribution in [3.05, 3.63) is 35.9 Å². The lowest BCUT2D eigenvalue weighted by atomic mass is 9.98. The number of quaternary nitrogens is 1. The summed E-state index contributed by atoms with van der Waals surface area (Å²) >= 11 is 0. The van der Waals surface area contributed by atoms with E-state index in [1.54, 1.807) is 0 Å². The van der Waals surface area contributed by atoms with Crippen LogP contribution in [0.5, 0.6) is 0 Å². The maximum atomic E-state index is 12.4. The molecule has 0 radical (unpaired) electrons. The first-order valence-electron chi connectivity index (χ1n) is 7.97. The summed E-state index contributed by atoms with van der Waals surface area (Å²) in [6.45, 7) is -0.254. The summed E-state index contributed by atoms with van der Waals surface area (Å²) in [7, 11) is 2.10. The number of likely N-dealkylation sites (N-methyl/N-ethyl adjacent to an activating group) is 1. The van der Waals surface area contributed by atoms with Gasteiger partial charge in [0, 0.05) is 19.3 Å². The van der Waals surface area contributed by atoms with Crippen LogP contribution in [0.15, 0.2) is 30.3 Å². The van der Waals surface area contributed by atoms with Crippen molar-refractivity contribution in [3.63, 3.8) is 0 Å². The maximum Gasteiger partial charge on any atom is 0.316 e. The van der Waals surface area contributed by atoms with E-state index in [1.165, 1.54) is 4.90 Å². The van der Waals surface area contributed by atoms with Gasteiger partial charge < -0.3 is 19.8 Å². The number of ether oxygens (including phenoxy) is 1. The first kappa shape index (κ1) is 15.5. The highest BCUT2D eigenvalue weighted by molar-refractivity contribution is 5.78. The molecule has 2 fully saturated rings. The molecule has 2 aliphatic rings. The Morgan fingerprint density at radius 3 is 2.68 bits per heavy atom. The highest BCUT2D eigenvalue weighted by Crippen LogP contribution is 2.27. The highest BCUT2D eigenvalue weighted by atomic mass is 16.5. The van der Waals surface area contributed by atoms with Crippen LogP contribution in [0.1, 0.15) is 30.7 Å². The van der Waals surface area contributed by atoms with Gasteiger partial charge in [-0.25, -0.2) is 0 Å². The van der Waals surface area contributed by atoms with E-state index in [9.17, 15) is 15.0 Å². The molecule has 0 aromatic heterocycles. The van der Waals surface area contributed by atoms with Crippen molar-refractivity contribution in [2.24, 2.45) is 0 Å². The number of benzene rings is 1. The molecular formula is C17H24NO4+. The molecule has 3 N–H and O–H groups in total. The van der Waals surface area contributed by atoms with Crippen LogP contribution in [0, 0.1) is 0 Å². The number of rotatable bonds is 4. The number of hydrogen-bond donors (Lipinski definition) is 3. The number of nitrogens with one attached hydrogen (secondary N) is 1. The SMILES string of the molecule is C[NH+]1[C@@H]2C[C@H](OC(=O)[C@H](CO)c3ccccc3)C[C@H]1[C@@H](O)C2. The average molecular weight is 306 g/mol. The van der Waals surface area contributed by atoms with Gasteiger partial charge in [0.05, 0.1) is 19.7 Å². The van der Waals surface area contributed by atoms with Gasteiger partial charge in [-0.2, -0.15) is 0 Å². The molecule has 22 heavy (non-hydrogen) atoms. The van der Waals surface area contributed by atoms with Gasteiger partial charge in [-0.3, -0.25) is 4.79 Å². The number of fused-ring (bicyclic) bond motifs is 2. The van der Waals surface area contributed by atoms with Crippen molar-refractivity contribution in [1.82, 2.24) is 0 Å². The molecule has 0 saturated carbocycles. The molecule has 6 atom stereocenters. The van der Waals surface area contributed by atoms with E-state index in [0.717, 1.165) is 18.4 Å². The van der Waals surface area contributed by atoms with Gasteiger partial charge in [0.2, 0.25) is 0 Å². The van der Waals surface area contributed by atoms with Crippen LogP contribution in [0.2, 0.25) is 0 Å². The van der Waals surface area contributed by atoms with Crippen LogP contribution in [-0.4, -0.2) is 54.1 Å². The number of aliphatic hydroxyl groups excluding tert-OH is 2. The van der Waals surface area contributed by atoms with E-state index in [0.29, 0.717) is 12.5 Å². The smallest absolute Gasteiger partial charge is 0.316 e. The van der Waals surface area contributed by atoms with Gasteiger partial charge >= 0.3 is 5.97 Å². The first-order valence-corrected chi connectivity index (χ1v) is 7.97. The number of carbonyl (C=O) groups is 1. The number of esters is 1. The monoisotopic (exact) mass is 306 g/mol. The van der Waals surface area contributed by atoms with E-state index in [1.807, 2.05) is 30.3 Å². The van der Waals surface area contributed by atoms with E-state index in [2.05, 4.69) is 7.05 Å². The minimum Gasteiger partial charge on any atom is -0.461 e. The second-order valence-corrected chi connectivity index (χ2v) is 6.53. The van der Waals surface area contributed by atoms with Crippen LogP contribution in [0.25, 0.3) is 0 Å². The van der Waals surface area contributed by atoms with Crippen LogP contribution in [0.3, 0.4) is 0 Å². The minimum atomic E-state index is -0.629. The van der Waals surface area contributed by atoms with Crippen molar-refractivity contribution < 1.29 is 24.6 Å². The van der Waals surface area contributed by atoms with E-state index < -0.39 is 5.92 Å². The van der Waals surface area contributed by atoms with Crippen LogP contribution in [-0.2, 0) is 9.53 Å². The van der Waals surface area contributed by atoms with Crippen LogP contribution < -0.4 is 4.90 Å². The third-order valence-corrected chi connectivity index (χ3v) is 5.24. The predicted octanol–water partition coefficient (Wildman–Crippen LogP) is -0.515. The third kappa shape index (κ3) is 2.89.